The molecule has 2 aromatic carbocycles. The quantitative estimate of drug-likeness (QED) is 0.520. The van der Waals surface area contributed by atoms with Crippen LogP contribution in [0.2, 0.25) is 0 Å². The number of carbonyl (C=O) groups is 1. The van der Waals surface area contributed by atoms with Gasteiger partial charge in [-0.1, -0.05) is 24.3 Å². The van der Waals surface area contributed by atoms with Crippen molar-refractivity contribution in [3.8, 4) is 11.1 Å². The third-order valence-corrected chi connectivity index (χ3v) is 3.09. The van der Waals surface area contributed by atoms with E-state index < -0.39 is 5.97 Å². The molecular weight excluding hydrogens is 228 g/mol. The largest absolute Gasteiger partial charge is 0.478 e. The smallest absolute Gasteiger partial charge is 0.335 e. The molecule has 1 aliphatic carbocycles. The zero-order valence-corrected chi connectivity index (χ0v) is 9.29. The molecule has 0 aromatic heterocycles. The highest BCUT2D eigenvalue weighted by Gasteiger charge is 2.31. The molecule has 4 heteroatoms. The van der Waals surface area contributed by atoms with Crippen molar-refractivity contribution in [2.75, 3.05) is 0 Å². The molecule has 0 atom stereocenters. The van der Waals surface area contributed by atoms with Crippen LogP contribution in [0, 0.1) is 0 Å². The first-order valence-electron chi connectivity index (χ1n) is 5.42. The zero-order valence-electron chi connectivity index (χ0n) is 9.29. The third-order valence-electron chi connectivity index (χ3n) is 3.09. The lowest BCUT2D eigenvalue weighted by atomic mass is 10.0. The van der Waals surface area contributed by atoms with E-state index in [0.29, 0.717) is 11.3 Å². The van der Waals surface area contributed by atoms with E-state index in [4.69, 9.17) is 10.6 Å². The predicted molar refractivity (Wildman–Crippen MR) is 65.7 cm³/mol. The minimum absolute atomic E-state index is 0.183. The summed E-state index contributed by atoms with van der Waals surface area (Å²) in [7, 11) is 0. The van der Waals surface area contributed by atoms with E-state index in [1.807, 2.05) is 24.3 Å². The number of fused-ring (bicyclic) bond motifs is 3. The molecule has 0 aliphatic heterocycles. The van der Waals surface area contributed by atoms with Crippen molar-refractivity contribution in [1.82, 2.24) is 0 Å². The van der Waals surface area contributed by atoms with Crippen molar-refractivity contribution in [2.24, 2.45) is 0 Å². The van der Waals surface area contributed by atoms with Crippen LogP contribution in [-0.2, 0) is 0 Å². The average Bonchev–Trinajstić information content (AvgIpc) is 2.71. The Morgan fingerprint density at radius 2 is 1.67 bits per heavy atom. The van der Waals surface area contributed by atoms with Crippen molar-refractivity contribution in [3.63, 3.8) is 0 Å². The van der Waals surface area contributed by atoms with Crippen LogP contribution in [0.3, 0.4) is 0 Å². The minimum Gasteiger partial charge on any atom is -0.478 e. The van der Waals surface area contributed by atoms with Gasteiger partial charge in [0.15, 0.2) is 0 Å². The first kappa shape index (κ1) is 10.4. The molecule has 0 saturated carbocycles. The van der Waals surface area contributed by atoms with Crippen molar-refractivity contribution >= 4 is 11.7 Å². The Balaban J connectivity index is 2.34. The molecule has 0 fully saturated rings. The van der Waals surface area contributed by atoms with Crippen LogP contribution in [0.4, 0.5) is 0 Å². The maximum atomic E-state index is 11.0. The normalized spacial score (nSPS) is 11.7. The summed E-state index contributed by atoms with van der Waals surface area (Å²) < 4.78 is 0. The molecular formula is C14H8N2O2. The van der Waals surface area contributed by atoms with E-state index in [-0.39, 0.29) is 5.56 Å². The number of rotatable bonds is 1. The summed E-state index contributed by atoms with van der Waals surface area (Å²) in [6, 6.07) is 12.4. The first-order valence-corrected chi connectivity index (χ1v) is 5.42. The summed E-state index contributed by atoms with van der Waals surface area (Å²) >= 11 is 0. The molecule has 1 N–H and O–H groups in total. The summed E-state index contributed by atoms with van der Waals surface area (Å²) in [6.07, 6.45) is 0. The fourth-order valence-corrected chi connectivity index (χ4v) is 2.29. The van der Waals surface area contributed by atoms with Gasteiger partial charge in [0.2, 0.25) is 0 Å². The second-order valence-electron chi connectivity index (χ2n) is 4.06. The molecule has 0 heterocycles. The second kappa shape index (κ2) is 3.65. The molecule has 0 amide bonds. The van der Waals surface area contributed by atoms with Crippen LogP contribution < -0.4 is 0 Å². The van der Waals surface area contributed by atoms with E-state index in [2.05, 4.69) is 4.79 Å². The zero-order chi connectivity index (χ0) is 12.7. The fraction of sp³-hybridized carbons (Fsp3) is 0. The number of carboxylic acid groups (broad SMARTS) is 1. The lowest BCUT2D eigenvalue weighted by Crippen LogP contribution is -2.02. The Morgan fingerprint density at radius 3 is 2.33 bits per heavy atom. The third kappa shape index (κ3) is 1.30. The van der Waals surface area contributed by atoms with E-state index in [1.165, 1.54) is 6.07 Å². The molecule has 0 unspecified atom stereocenters. The number of hydrogen-bond donors (Lipinski definition) is 1. The van der Waals surface area contributed by atoms with Crippen LogP contribution in [0.1, 0.15) is 21.5 Å². The van der Waals surface area contributed by atoms with Crippen molar-refractivity contribution in [2.45, 2.75) is 0 Å². The highest BCUT2D eigenvalue weighted by atomic mass is 16.4. The number of benzene rings is 2. The highest BCUT2D eigenvalue weighted by molar-refractivity contribution is 6.22. The monoisotopic (exact) mass is 236 g/mol. The Bertz CT molecular complexity index is 728. The van der Waals surface area contributed by atoms with E-state index in [0.717, 1.165) is 16.7 Å². The molecule has 0 radical (unpaired) electrons. The molecule has 0 spiro atoms. The standard InChI is InChI=1S/C14H8N2O2/c15-16-13-11-4-2-1-3-9(11)10-6-5-8(14(17)18)7-12(10)13/h1-7H,(H,17,18). The van der Waals surface area contributed by atoms with Gasteiger partial charge in [-0.3, -0.25) is 0 Å². The molecule has 86 valence electrons. The maximum Gasteiger partial charge on any atom is 0.335 e. The highest BCUT2D eigenvalue weighted by Crippen LogP contribution is 2.36. The molecule has 1 aliphatic rings. The summed E-state index contributed by atoms with van der Waals surface area (Å²) in [6.45, 7) is 0. The van der Waals surface area contributed by atoms with Crippen molar-refractivity contribution < 1.29 is 14.7 Å². The average molecular weight is 236 g/mol. The van der Waals surface area contributed by atoms with Crippen LogP contribution >= 0.6 is 0 Å². The molecule has 4 nitrogen and oxygen atoms in total. The van der Waals surface area contributed by atoms with Gasteiger partial charge in [0.1, 0.15) is 0 Å². The van der Waals surface area contributed by atoms with E-state index >= 15 is 0 Å². The SMILES string of the molecule is [N-]=[N+]=C1c2ccccc2-c2ccc(C(=O)O)cc21. The number of hydrogen-bond acceptors (Lipinski definition) is 1. The second-order valence-corrected chi connectivity index (χ2v) is 4.06. The Morgan fingerprint density at radius 1 is 1.00 bits per heavy atom. The fourth-order valence-electron chi connectivity index (χ4n) is 2.29. The van der Waals surface area contributed by atoms with E-state index in [1.54, 1.807) is 12.1 Å². The summed E-state index contributed by atoms with van der Waals surface area (Å²) in [5.41, 5.74) is 13.0. The van der Waals surface area contributed by atoms with Crippen molar-refractivity contribution in [1.29, 1.82) is 0 Å². The Hall–Kier alpha value is -2.71. The van der Waals surface area contributed by atoms with Gasteiger partial charge >= 0.3 is 11.7 Å². The lowest BCUT2D eigenvalue weighted by Gasteiger charge is -1.99. The number of aromatic carboxylic acids is 1. The molecule has 2 aromatic rings. The van der Waals surface area contributed by atoms with Gasteiger partial charge < -0.3 is 10.6 Å². The lowest BCUT2D eigenvalue weighted by molar-refractivity contribution is -0.00243. The van der Waals surface area contributed by atoms with Crippen molar-refractivity contribution in [3.05, 3.63) is 64.7 Å². The molecule has 0 saturated heterocycles. The molecule has 0 bridgehead atoms. The van der Waals surface area contributed by atoms with Gasteiger partial charge in [-0.05, 0) is 29.3 Å². The summed E-state index contributed by atoms with van der Waals surface area (Å²) in [5, 5.41) is 8.99. The molecule has 18 heavy (non-hydrogen) atoms. The van der Waals surface area contributed by atoms with Crippen LogP contribution in [0.25, 0.3) is 16.7 Å². The van der Waals surface area contributed by atoms with Gasteiger partial charge in [-0.2, -0.15) is 4.79 Å². The minimum atomic E-state index is -0.994. The number of carboxylic acids is 1. The first-order chi connectivity index (χ1) is 8.72. The topological polar surface area (TPSA) is 73.7 Å². The van der Waals surface area contributed by atoms with Gasteiger partial charge in [-0.15, -0.1) is 0 Å². The Labute approximate surface area is 103 Å². The van der Waals surface area contributed by atoms with Crippen LogP contribution in [0.15, 0.2) is 42.5 Å². The van der Waals surface area contributed by atoms with Gasteiger partial charge in [0, 0.05) is 0 Å². The van der Waals surface area contributed by atoms with Gasteiger partial charge in [0.25, 0.3) is 0 Å². The predicted octanol–water partition coefficient (Wildman–Crippen LogP) is 2.43. The summed E-state index contributed by atoms with van der Waals surface area (Å²) in [5.74, 6) is -0.994. The van der Waals surface area contributed by atoms with Crippen LogP contribution in [0.5, 0.6) is 0 Å². The maximum absolute atomic E-state index is 11.0. The van der Waals surface area contributed by atoms with Crippen LogP contribution in [-0.4, -0.2) is 21.6 Å². The Kier molecular flexibility index (Phi) is 2.12. The summed E-state index contributed by atoms with van der Waals surface area (Å²) in [4.78, 5) is 14.3. The van der Waals surface area contributed by atoms with Gasteiger partial charge in [-0.25, -0.2) is 4.79 Å². The van der Waals surface area contributed by atoms with Gasteiger partial charge in [0.05, 0.1) is 16.7 Å². The van der Waals surface area contributed by atoms with E-state index in [9.17, 15) is 4.79 Å². The molecule has 3 rings (SSSR count). The number of nitrogens with zero attached hydrogens (tertiary/aromatic N) is 2.